The summed E-state index contributed by atoms with van der Waals surface area (Å²) in [5, 5.41) is 17.1. The van der Waals surface area contributed by atoms with Crippen LogP contribution >= 0.6 is 0 Å². The van der Waals surface area contributed by atoms with Crippen LogP contribution in [0.3, 0.4) is 0 Å². The van der Waals surface area contributed by atoms with Gasteiger partial charge < -0.3 is 19.8 Å². The molecular formula is C3H4Na2O4. The van der Waals surface area contributed by atoms with E-state index >= 15 is 0 Å². The molecule has 6 heteroatoms. The Kier molecular flexibility index (Phi) is 57.8. The van der Waals surface area contributed by atoms with Gasteiger partial charge in [0, 0.05) is 12.4 Å². The molecule has 0 amide bonds. The monoisotopic (exact) mass is 150 g/mol. The van der Waals surface area contributed by atoms with Crippen molar-refractivity contribution < 1.29 is 78.9 Å². The zero-order valence-electron chi connectivity index (χ0n) is 5.71. The normalized spacial score (nSPS) is 4.11. The van der Waals surface area contributed by atoms with Crippen LogP contribution in [-0.2, 0) is 9.59 Å². The molecule has 42 valence electrons. The standard InChI is InChI=1S/C2H4O2.CH2O2.2Na/c1-2(3)4;2-1-3;;/h1H3,(H,3,4);1H,(H,2,3);;/q;;2*+1/p-2. The molecule has 0 aliphatic carbocycles. The van der Waals surface area contributed by atoms with Crippen LogP contribution in [0.4, 0.5) is 0 Å². The molecule has 0 aromatic heterocycles. The van der Waals surface area contributed by atoms with Crippen molar-refractivity contribution in [2.24, 2.45) is 0 Å². The quantitative estimate of drug-likeness (QED) is 0.253. The van der Waals surface area contributed by atoms with Gasteiger partial charge in [0.1, 0.15) is 0 Å². The summed E-state index contributed by atoms with van der Waals surface area (Å²) in [5.74, 6) is -1.08. The van der Waals surface area contributed by atoms with Crippen LogP contribution in [0.1, 0.15) is 6.92 Å². The maximum absolute atomic E-state index is 8.89. The van der Waals surface area contributed by atoms with E-state index in [0.717, 1.165) is 6.92 Å². The SMILES string of the molecule is CC(=O)[O-].O=C[O-].[Na+].[Na+]. The third-order valence-electron chi connectivity index (χ3n) is 0. The zero-order chi connectivity index (χ0) is 6.28. The molecule has 0 saturated carbocycles. The number of carboxylic acid groups (broad SMARTS) is 2. The molecule has 0 atom stereocenters. The van der Waals surface area contributed by atoms with Gasteiger partial charge in [-0.05, 0) is 6.92 Å². The van der Waals surface area contributed by atoms with E-state index < -0.39 is 12.4 Å². The molecule has 0 aromatic carbocycles. The van der Waals surface area contributed by atoms with E-state index in [9.17, 15) is 0 Å². The van der Waals surface area contributed by atoms with Crippen molar-refractivity contribution in [3.63, 3.8) is 0 Å². The minimum Gasteiger partial charge on any atom is -0.554 e. The van der Waals surface area contributed by atoms with E-state index in [0.29, 0.717) is 0 Å². The topological polar surface area (TPSA) is 80.3 Å². The Hall–Kier alpha value is 0.940. The summed E-state index contributed by atoms with van der Waals surface area (Å²) in [6, 6.07) is 0. The van der Waals surface area contributed by atoms with Gasteiger partial charge in [-0.15, -0.1) is 0 Å². The predicted octanol–water partition coefficient (Wildman–Crippen LogP) is -8.87. The zero-order valence-corrected chi connectivity index (χ0v) is 9.71. The van der Waals surface area contributed by atoms with Gasteiger partial charge in [0.25, 0.3) is 0 Å². The second-order valence-electron chi connectivity index (χ2n) is 0.588. The summed E-state index contributed by atoms with van der Waals surface area (Å²) < 4.78 is 0. The van der Waals surface area contributed by atoms with E-state index in [-0.39, 0.29) is 59.1 Å². The fourth-order valence-corrected chi connectivity index (χ4v) is 0. The number of hydrogen-bond donors (Lipinski definition) is 0. The van der Waals surface area contributed by atoms with Gasteiger partial charge in [0.2, 0.25) is 0 Å². The number of hydrogen-bond acceptors (Lipinski definition) is 4. The number of carboxylic acids is 1. The number of carbonyl (C=O) groups excluding carboxylic acids is 2. The molecule has 0 unspecified atom stereocenters. The van der Waals surface area contributed by atoms with Crippen molar-refractivity contribution in [2.45, 2.75) is 6.92 Å². The van der Waals surface area contributed by atoms with Crippen LogP contribution in [-0.4, -0.2) is 12.4 Å². The van der Waals surface area contributed by atoms with Gasteiger partial charge in [0.15, 0.2) is 0 Å². The van der Waals surface area contributed by atoms with Crippen molar-refractivity contribution >= 4 is 12.4 Å². The van der Waals surface area contributed by atoms with Crippen molar-refractivity contribution in [3.05, 3.63) is 0 Å². The summed E-state index contributed by atoms with van der Waals surface area (Å²) in [6.07, 6.45) is 0. The molecule has 0 N–H and O–H groups in total. The maximum Gasteiger partial charge on any atom is 1.00 e. The van der Waals surface area contributed by atoms with Gasteiger partial charge in [-0.1, -0.05) is 0 Å². The molecule has 9 heavy (non-hydrogen) atoms. The second-order valence-corrected chi connectivity index (χ2v) is 0.588. The summed E-state index contributed by atoms with van der Waals surface area (Å²) >= 11 is 0. The van der Waals surface area contributed by atoms with Crippen LogP contribution in [0.5, 0.6) is 0 Å². The third kappa shape index (κ3) is 487. The Bertz CT molecular complexity index is 60.8. The fraction of sp³-hybridized carbons (Fsp3) is 0.333. The van der Waals surface area contributed by atoms with Gasteiger partial charge in [-0.25, -0.2) is 0 Å². The minimum atomic E-state index is -1.08. The van der Waals surface area contributed by atoms with E-state index in [1.165, 1.54) is 0 Å². The molecular weight excluding hydrogens is 146 g/mol. The molecule has 0 radical (unpaired) electrons. The first-order valence-corrected chi connectivity index (χ1v) is 1.38. The van der Waals surface area contributed by atoms with Gasteiger partial charge in [0.05, 0.1) is 0 Å². The Labute approximate surface area is 97.2 Å². The number of aliphatic carboxylic acids is 1. The molecule has 0 saturated heterocycles. The molecule has 0 heterocycles. The van der Waals surface area contributed by atoms with E-state index in [1.807, 2.05) is 0 Å². The Morgan fingerprint density at radius 1 is 1.44 bits per heavy atom. The van der Waals surface area contributed by atoms with Crippen molar-refractivity contribution in [1.82, 2.24) is 0 Å². The average Bonchev–Trinajstić information content (AvgIpc) is 1.33. The molecule has 0 fully saturated rings. The van der Waals surface area contributed by atoms with Crippen molar-refractivity contribution in [1.29, 1.82) is 0 Å². The largest absolute Gasteiger partial charge is 1.00 e. The van der Waals surface area contributed by atoms with Crippen LogP contribution in [0, 0.1) is 0 Å². The van der Waals surface area contributed by atoms with Gasteiger partial charge >= 0.3 is 59.1 Å². The van der Waals surface area contributed by atoms with Crippen molar-refractivity contribution in [2.75, 3.05) is 0 Å². The van der Waals surface area contributed by atoms with E-state index in [1.54, 1.807) is 0 Å². The summed E-state index contributed by atoms with van der Waals surface area (Å²) in [6.45, 7) is 0.472. The molecule has 0 rings (SSSR count). The summed E-state index contributed by atoms with van der Waals surface area (Å²) in [4.78, 5) is 17.1. The van der Waals surface area contributed by atoms with Crippen LogP contribution in [0.25, 0.3) is 0 Å². The van der Waals surface area contributed by atoms with E-state index in [2.05, 4.69) is 0 Å². The van der Waals surface area contributed by atoms with Crippen LogP contribution < -0.4 is 69.3 Å². The minimum absolute atomic E-state index is 0. The van der Waals surface area contributed by atoms with E-state index in [4.69, 9.17) is 19.8 Å². The summed E-state index contributed by atoms with van der Waals surface area (Å²) in [5.41, 5.74) is 0. The second kappa shape index (κ2) is 23.1. The first kappa shape index (κ1) is 22.5. The molecule has 0 aromatic rings. The number of carbonyl (C=O) groups is 2. The van der Waals surface area contributed by atoms with Gasteiger partial charge in [-0.2, -0.15) is 0 Å². The summed E-state index contributed by atoms with van der Waals surface area (Å²) in [7, 11) is 0. The molecule has 0 aliphatic rings. The first-order chi connectivity index (χ1) is 3.15. The smallest absolute Gasteiger partial charge is 0.554 e. The molecule has 4 nitrogen and oxygen atoms in total. The Morgan fingerprint density at radius 2 is 1.44 bits per heavy atom. The van der Waals surface area contributed by atoms with Crippen molar-refractivity contribution in [3.8, 4) is 0 Å². The fourth-order valence-electron chi connectivity index (χ4n) is 0. The van der Waals surface area contributed by atoms with Gasteiger partial charge in [-0.3, -0.25) is 0 Å². The average molecular weight is 150 g/mol. The first-order valence-electron chi connectivity index (χ1n) is 1.38. The Balaban J connectivity index is -0.0000000233. The Morgan fingerprint density at radius 3 is 1.44 bits per heavy atom. The molecule has 0 aliphatic heterocycles. The van der Waals surface area contributed by atoms with Crippen LogP contribution in [0.2, 0.25) is 0 Å². The molecule has 0 bridgehead atoms. The molecule has 0 spiro atoms. The van der Waals surface area contributed by atoms with Crippen LogP contribution in [0.15, 0.2) is 0 Å². The third-order valence-corrected chi connectivity index (χ3v) is 0. The maximum atomic E-state index is 8.89. The number of rotatable bonds is 0. The predicted molar refractivity (Wildman–Crippen MR) is 16.7 cm³/mol.